The Kier molecular flexibility index (Phi) is 10.4. The lowest BCUT2D eigenvalue weighted by molar-refractivity contribution is 0.00238. The molecule has 0 spiro atoms. The summed E-state index contributed by atoms with van der Waals surface area (Å²) in [7, 11) is 1.57. The topological polar surface area (TPSA) is 106 Å². The van der Waals surface area contributed by atoms with Crippen LogP contribution in [0.4, 0.5) is 10.6 Å². The van der Waals surface area contributed by atoms with E-state index in [9.17, 15) is 9.59 Å². The van der Waals surface area contributed by atoms with E-state index in [0.717, 1.165) is 16.8 Å². The number of pyridine rings is 2. The molecule has 0 bridgehead atoms. The van der Waals surface area contributed by atoms with Crippen molar-refractivity contribution in [3.05, 3.63) is 82.8 Å². The second kappa shape index (κ2) is 14.5. The first kappa shape index (κ1) is 34.5. The molecule has 2 fully saturated rings. The number of benzene rings is 1. The van der Waals surface area contributed by atoms with Gasteiger partial charge >= 0.3 is 6.09 Å². The van der Waals surface area contributed by atoms with Gasteiger partial charge in [0.15, 0.2) is 6.10 Å². The van der Waals surface area contributed by atoms with Gasteiger partial charge in [0.25, 0.3) is 5.91 Å². The van der Waals surface area contributed by atoms with Crippen molar-refractivity contribution in [2.75, 3.05) is 38.6 Å². The normalized spacial score (nSPS) is 17.2. The second-order valence-corrected chi connectivity index (χ2v) is 13.4. The quantitative estimate of drug-likeness (QED) is 0.246. The summed E-state index contributed by atoms with van der Waals surface area (Å²) in [5.41, 5.74) is 4.05. The van der Waals surface area contributed by atoms with Crippen LogP contribution in [0.3, 0.4) is 0 Å². The van der Waals surface area contributed by atoms with Crippen molar-refractivity contribution in [2.24, 2.45) is 0 Å². The average Bonchev–Trinajstić information content (AvgIpc) is 3.90. The molecule has 5 rings (SSSR count). The largest absolute Gasteiger partial charge is 0.495 e. The highest BCUT2D eigenvalue weighted by atomic mass is 16.6. The van der Waals surface area contributed by atoms with E-state index in [-0.39, 0.29) is 5.91 Å². The van der Waals surface area contributed by atoms with E-state index in [4.69, 9.17) is 25.6 Å². The number of hydrogen-bond donors (Lipinski definition) is 1. The van der Waals surface area contributed by atoms with Gasteiger partial charge in [0, 0.05) is 43.5 Å². The lowest BCUT2D eigenvalue weighted by Crippen LogP contribution is -2.56. The number of methoxy groups -OCH3 is 1. The predicted molar refractivity (Wildman–Crippen MR) is 186 cm³/mol. The van der Waals surface area contributed by atoms with Gasteiger partial charge in [0.2, 0.25) is 0 Å². The maximum atomic E-state index is 13.4. The van der Waals surface area contributed by atoms with Gasteiger partial charge < -0.3 is 19.5 Å². The molecule has 10 nitrogen and oxygen atoms in total. The van der Waals surface area contributed by atoms with E-state index in [2.05, 4.69) is 33.8 Å². The molecular formula is C38H45N5O5. The first-order valence-corrected chi connectivity index (χ1v) is 16.3. The van der Waals surface area contributed by atoms with Crippen LogP contribution in [0.2, 0.25) is 0 Å². The molecule has 1 saturated carbocycles. The van der Waals surface area contributed by atoms with E-state index < -0.39 is 23.8 Å². The van der Waals surface area contributed by atoms with Crippen molar-refractivity contribution >= 4 is 23.9 Å². The van der Waals surface area contributed by atoms with E-state index in [1.165, 1.54) is 18.4 Å². The lowest BCUT2D eigenvalue weighted by Gasteiger charge is -2.40. The zero-order chi connectivity index (χ0) is 34.6. The molecule has 2 aliphatic rings. The fourth-order valence-corrected chi connectivity index (χ4v) is 5.70. The summed E-state index contributed by atoms with van der Waals surface area (Å²) in [5.74, 6) is 4.71. The minimum Gasteiger partial charge on any atom is -0.495 e. The first-order valence-electron chi connectivity index (χ1n) is 16.3. The molecule has 10 heteroatoms. The monoisotopic (exact) mass is 651 g/mol. The van der Waals surface area contributed by atoms with E-state index >= 15 is 0 Å². The van der Waals surface area contributed by atoms with Crippen molar-refractivity contribution in [3.8, 4) is 23.8 Å². The highest BCUT2D eigenvalue weighted by molar-refractivity contribution is 6.05. The summed E-state index contributed by atoms with van der Waals surface area (Å²) in [4.78, 5) is 39.3. The van der Waals surface area contributed by atoms with Crippen LogP contribution >= 0.6 is 0 Å². The smallest absolute Gasteiger partial charge is 0.411 e. The Labute approximate surface area is 283 Å². The van der Waals surface area contributed by atoms with Crippen LogP contribution in [-0.4, -0.2) is 76.7 Å². The highest BCUT2D eigenvalue weighted by Gasteiger charge is 2.34. The molecule has 1 saturated heterocycles. The number of nitrogens with zero attached hydrogens (tertiary/aromatic N) is 4. The molecule has 1 aliphatic heterocycles. The highest BCUT2D eigenvalue weighted by Crippen LogP contribution is 2.40. The Balaban J connectivity index is 1.38. The number of carbonyl (C=O) groups is 2. The van der Waals surface area contributed by atoms with Gasteiger partial charge in [0.05, 0.1) is 19.0 Å². The minimum atomic E-state index is -0.618. The number of rotatable bonds is 10. The molecule has 1 unspecified atom stereocenters. The molecule has 48 heavy (non-hydrogen) atoms. The molecule has 1 aliphatic carbocycles. The molecule has 2 aromatic heterocycles. The Morgan fingerprint density at radius 1 is 1.12 bits per heavy atom. The third-order valence-corrected chi connectivity index (χ3v) is 8.51. The lowest BCUT2D eigenvalue weighted by atomic mass is 10.0. The van der Waals surface area contributed by atoms with Crippen LogP contribution in [0, 0.1) is 26.2 Å². The number of hydrogen-bond acceptors (Lipinski definition) is 8. The number of aryl methyl sites for hydroxylation is 2. The molecular weight excluding hydrogens is 606 g/mol. The van der Waals surface area contributed by atoms with Gasteiger partial charge in [-0.3, -0.25) is 19.6 Å². The van der Waals surface area contributed by atoms with Gasteiger partial charge in [-0.1, -0.05) is 24.6 Å². The van der Waals surface area contributed by atoms with Crippen LogP contribution < -0.4 is 14.8 Å². The fourth-order valence-electron chi connectivity index (χ4n) is 5.70. The summed E-state index contributed by atoms with van der Waals surface area (Å²) >= 11 is 0. The van der Waals surface area contributed by atoms with Gasteiger partial charge in [0.1, 0.15) is 29.0 Å². The van der Waals surface area contributed by atoms with Crippen LogP contribution in [-0.2, 0) is 4.74 Å². The van der Waals surface area contributed by atoms with Gasteiger partial charge in [-0.05, 0) is 94.3 Å². The van der Waals surface area contributed by atoms with Crippen LogP contribution in [0.5, 0.6) is 11.5 Å². The predicted octanol–water partition coefficient (Wildman–Crippen LogP) is 6.55. The SMILES string of the molecule is C#C[C@@H]1CN(CC(Oc2cc(C)c(C(=O)Nc3ncc(OC)cc3C)cc2C=C)c2ccc(C3CC3)cn2)CCN1C(=O)OC(C)(C)C. The first-order chi connectivity index (χ1) is 22.9. The van der Waals surface area contributed by atoms with Crippen LogP contribution in [0.1, 0.15) is 83.9 Å². The number of aromatic nitrogens is 2. The summed E-state index contributed by atoms with van der Waals surface area (Å²) in [6.45, 7) is 15.2. The second-order valence-electron chi connectivity index (χ2n) is 13.4. The van der Waals surface area contributed by atoms with Crippen molar-refractivity contribution in [2.45, 2.75) is 71.1 Å². The molecule has 0 radical (unpaired) electrons. The maximum Gasteiger partial charge on any atom is 0.411 e. The number of piperazine rings is 1. The summed E-state index contributed by atoms with van der Waals surface area (Å²) < 4.78 is 17.6. The standard InChI is InChI=1S/C38H45N5O5/c1-9-26-19-31(36(44)41-35-25(4)17-30(46-8)21-40-35)24(3)18-33(26)47-34(32-14-13-28(20-39-32)27-11-12-27)23-42-15-16-43(29(10-2)22-42)37(45)48-38(5,6)7/h2,9,13-14,17-21,27,29,34H,1,11-12,15-16,22-23H2,3-8H3,(H,40,41,44)/t29-,34?/m1/s1. The fraction of sp³-hybridized carbons (Fsp3) is 0.421. The Hall–Kier alpha value is -4.88. The Morgan fingerprint density at radius 3 is 2.50 bits per heavy atom. The zero-order valence-electron chi connectivity index (χ0n) is 28.7. The summed E-state index contributed by atoms with van der Waals surface area (Å²) in [6.07, 6.45) is 12.6. The number of carbonyl (C=O) groups excluding carboxylic acids is 2. The molecule has 252 valence electrons. The zero-order valence-corrected chi connectivity index (χ0v) is 28.7. The summed E-state index contributed by atoms with van der Waals surface area (Å²) in [6, 6.07) is 9.16. The van der Waals surface area contributed by atoms with Gasteiger partial charge in [-0.2, -0.15) is 0 Å². The average molecular weight is 652 g/mol. The third kappa shape index (κ3) is 8.33. The number of amides is 2. The third-order valence-electron chi connectivity index (χ3n) is 8.51. The number of nitrogens with one attached hydrogen (secondary N) is 1. The van der Waals surface area contributed by atoms with Crippen LogP contribution in [0.25, 0.3) is 6.08 Å². The number of terminal acetylenes is 1. The minimum absolute atomic E-state index is 0.292. The van der Waals surface area contributed by atoms with Crippen LogP contribution in [0.15, 0.2) is 49.3 Å². The van der Waals surface area contributed by atoms with Crippen molar-refractivity contribution < 1.29 is 23.8 Å². The molecule has 1 N–H and O–H groups in total. The van der Waals surface area contributed by atoms with E-state index in [0.29, 0.717) is 60.5 Å². The molecule has 3 heterocycles. The Morgan fingerprint density at radius 2 is 1.90 bits per heavy atom. The number of ether oxygens (including phenoxy) is 3. The summed E-state index contributed by atoms with van der Waals surface area (Å²) in [5, 5.41) is 2.91. The van der Waals surface area contributed by atoms with Crippen molar-refractivity contribution in [3.63, 3.8) is 0 Å². The van der Waals surface area contributed by atoms with Crippen molar-refractivity contribution in [1.29, 1.82) is 0 Å². The van der Waals surface area contributed by atoms with E-state index in [1.807, 2.05) is 59.0 Å². The maximum absolute atomic E-state index is 13.4. The van der Waals surface area contributed by atoms with E-state index in [1.54, 1.807) is 30.3 Å². The molecule has 2 amide bonds. The molecule has 3 aromatic rings. The molecule has 2 atom stereocenters. The molecule has 1 aromatic carbocycles. The van der Waals surface area contributed by atoms with Gasteiger partial charge in [-0.25, -0.2) is 9.78 Å². The van der Waals surface area contributed by atoms with Gasteiger partial charge in [-0.15, -0.1) is 6.42 Å². The Bertz CT molecular complexity index is 1700. The van der Waals surface area contributed by atoms with Crippen molar-refractivity contribution in [1.82, 2.24) is 19.8 Å². The number of anilines is 1.